The molecule has 1 atom stereocenters. The zero-order chi connectivity index (χ0) is 12.9. The van der Waals surface area contributed by atoms with Gasteiger partial charge in [0.05, 0.1) is 13.7 Å². The van der Waals surface area contributed by atoms with Crippen LogP contribution in [-0.2, 0) is 14.3 Å². The lowest BCUT2D eigenvalue weighted by molar-refractivity contribution is -0.150. The smallest absolute Gasteiger partial charge is 0.336 e. The topological polar surface area (TPSA) is 102 Å². The first-order chi connectivity index (χ1) is 8.03. The van der Waals surface area contributed by atoms with Gasteiger partial charge in [-0.1, -0.05) is 6.42 Å². The van der Waals surface area contributed by atoms with Gasteiger partial charge in [-0.25, -0.2) is 4.79 Å². The van der Waals surface area contributed by atoms with E-state index in [1.165, 1.54) is 7.11 Å². The average molecular weight is 244 g/mol. The number of nitrogens with two attached hydrogens (primary N) is 1. The number of nitrogens with one attached hydrogen (secondary N) is 1. The number of methoxy groups -OCH3 is 1. The van der Waals surface area contributed by atoms with Crippen molar-refractivity contribution in [2.45, 2.75) is 31.8 Å². The Kier molecular flexibility index (Phi) is 4.89. The summed E-state index contributed by atoms with van der Waals surface area (Å²) in [5, 5.41) is 11.8. The van der Waals surface area contributed by atoms with E-state index < -0.39 is 12.1 Å². The molecule has 1 amide bonds. The highest BCUT2D eigenvalue weighted by atomic mass is 16.5. The van der Waals surface area contributed by atoms with E-state index >= 15 is 0 Å². The monoisotopic (exact) mass is 244 g/mol. The molecule has 6 heteroatoms. The van der Waals surface area contributed by atoms with Crippen LogP contribution in [0.3, 0.4) is 0 Å². The Balaban J connectivity index is 2.28. The molecule has 1 saturated carbocycles. The second kappa shape index (κ2) is 5.97. The minimum atomic E-state index is -1.31. The van der Waals surface area contributed by atoms with Crippen molar-refractivity contribution in [2.24, 2.45) is 11.1 Å². The van der Waals surface area contributed by atoms with Crippen molar-refractivity contribution in [1.82, 2.24) is 5.32 Å². The Bertz CT molecular complexity index is 284. The minimum Gasteiger partial charge on any atom is -0.467 e. The van der Waals surface area contributed by atoms with Crippen LogP contribution in [0.5, 0.6) is 0 Å². The summed E-state index contributed by atoms with van der Waals surface area (Å²) in [7, 11) is 1.19. The molecule has 0 aromatic heterocycles. The number of hydrogen-bond donors (Lipinski definition) is 3. The third kappa shape index (κ3) is 3.67. The van der Waals surface area contributed by atoms with Crippen molar-refractivity contribution < 1.29 is 19.4 Å². The number of rotatable bonds is 6. The number of carbonyl (C=O) groups excluding carboxylic acids is 2. The Morgan fingerprint density at radius 1 is 1.53 bits per heavy atom. The van der Waals surface area contributed by atoms with E-state index in [-0.39, 0.29) is 17.9 Å². The van der Waals surface area contributed by atoms with E-state index in [1.807, 2.05) is 0 Å². The molecule has 98 valence electrons. The first-order valence-corrected chi connectivity index (χ1v) is 5.76. The molecule has 0 saturated heterocycles. The molecule has 1 aliphatic carbocycles. The molecule has 0 aromatic carbocycles. The maximum atomic E-state index is 11.6. The van der Waals surface area contributed by atoms with Gasteiger partial charge in [0.1, 0.15) is 0 Å². The maximum Gasteiger partial charge on any atom is 0.336 e. The van der Waals surface area contributed by atoms with E-state index in [0.29, 0.717) is 13.0 Å². The fourth-order valence-electron chi connectivity index (χ4n) is 1.96. The number of ether oxygens (including phenoxy) is 1. The second-order valence-corrected chi connectivity index (χ2v) is 4.58. The van der Waals surface area contributed by atoms with Crippen molar-refractivity contribution in [3.05, 3.63) is 0 Å². The lowest BCUT2D eigenvalue weighted by atomic mass is 9.66. The van der Waals surface area contributed by atoms with Gasteiger partial charge in [-0.3, -0.25) is 4.79 Å². The predicted octanol–water partition coefficient (Wildman–Crippen LogP) is -0.844. The van der Waals surface area contributed by atoms with E-state index in [0.717, 1.165) is 19.3 Å². The van der Waals surface area contributed by atoms with Gasteiger partial charge >= 0.3 is 5.97 Å². The van der Waals surface area contributed by atoms with Crippen LogP contribution < -0.4 is 11.1 Å². The van der Waals surface area contributed by atoms with Crippen molar-refractivity contribution in [3.8, 4) is 0 Å². The molecule has 1 rings (SSSR count). The molecule has 0 radical (unpaired) electrons. The van der Waals surface area contributed by atoms with Gasteiger partial charge in [0.2, 0.25) is 5.91 Å². The van der Waals surface area contributed by atoms with E-state index in [4.69, 9.17) is 5.73 Å². The van der Waals surface area contributed by atoms with E-state index in [1.54, 1.807) is 0 Å². The van der Waals surface area contributed by atoms with E-state index in [2.05, 4.69) is 10.1 Å². The highest BCUT2D eigenvalue weighted by molar-refractivity contribution is 5.79. The molecule has 4 N–H and O–H groups in total. The third-order valence-corrected chi connectivity index (χ3v) is 3.35. The number of aliphatic hydroxyl groups excluding tert-OH is 1. The van der Waals surface area contributed by atoms with Crippen molar-refractivity contribution in [1.29, 1.82) is 0 Å². The summed E-state index contributed by atoms with van der Waals surface area (Å²) >= 11 is 0. The standard InChI is InChI=1S/C11H20N2O4/c1-17-10(16)8(14)6-13-9(15)5-11(7-12)3-2-4-11/h8,14H,2-7,12H2,1H3,(H,13,15). The minimum absolute atomic E-state index is 0.0691. The Labute approximate surface area is 101 Å². The van der Waals surface area contributed by atoms with E-state index in [9.17, 15) is 14.7 Å². The highest BCUT2D eigenvalue weighted by Crippen LogP contribution is 2.42. The lowest BCUT2D eigenvalue weighted by Crippen LogP contribution is -2.44. The van der Waals surface area contributed by atoms with Gasteiger partial charge in [-0.05, 0) is 24.8 Å². The number of carbonyl (C=O) groups is 2. The van der Waals surface area contributed by atoms with Crippen LogP contribution in [0.4, 0.5) is 0 Å². The summed E-state index contributed by atoms with van der Waals surface area (Å²) < 4.78 is 4.34. The fraction of sp³-hybridized carbons (Fsp3) is 0.818. The van der Waals surface area contributed by atoms with Crippen LogP contribution in [0, 0.1) is 5.41 Å². The first kappa shape index (κ1) is 13.9. The SMILES string of the molecule is COC(=O)C(O)CNC(=O)CC1(CN)CCC1. The molecule has 0 spiro atoms. The summed E-state index contributed by atoms with van der Waals surface area (Å²) in [5.74, 6) is -0.930. The van der Waals surface area contributed by atoms with Gasteiger partial charge in [-0.2, -0.15) is 0 Å². The number of amides is 1. The third-order valence-electron chi connectivity index (χ3n) is 3.35. The van der Waals surface area contributed by atoms with Crippen LogP contribution in [0.1, 0.15) is 25.7 Å². The molecule has 1 unspecified atom stereocenters. The molecule has 0 aliphatic heterocycles. The summed E-state index contributed by atoms with van der Waals surface area (Å²) in [6, 6.07) is 0. The molecule has 0 bridgehead atoms. The van der Waals surface area contributed by atoms with Crippen molar-refractivity contribution in [3.63, 3.8) is 0 Å². The zero-order valence-corrected chi connectivity index (χ0v) is 10.1. The van der Waals surface area contributed by atoms with Crippen LogP contribution in [0.2, 0.25) is 0 Å². The Morgan fingerprint density at radius 2 is 2.18 bits per heavy atom. The van der Waals surface area contributed by atoms with Gasteiger partial charge in [0.25, 0.3) is 0 Å². The number of aliphatic hydroxyl groups is 1. The molecular formula is C11H20N2O4. The molecule has 17 heavy (non-hydrogen) atoms. The summed E-state index contributed by atoms with van der Waals surface area (Å²) in [5.41, 5.74) is 5.57. The first-order valence-electron chi connectivity index (χ1n) is 5.76. The molecule has 1 fully saturated rings. The van der Waals surface area contributed by atoms with Gasteiger partial charge in [0.15, 0.2) is 6.10 Å². The Hall–Kier alpha value is -1.14. The van der Waals surface area contributed by atoms with Crippen LogP contribution in [-0.4, -0.2) is 43.3 Å². The largest absolute Gasteiger partial charge is 0.467 e. The van der Waals surface area contributed by atoms with Gasteiger partial charge < -0.3 is 20.9 Å². The van der Waals surface area contributed by atoms with Crippen molar-refractivity contribution in [2.75, 3.05) is 20.2 Å². The number of esters is 1. The zero-order valence-electron chi connectivity index (χ0n) is 10.1. The average Bonchev–Trinajstić information content (AvgIpc) is 2.29. The highest BCUT2D eigenvalue weighted by Gasteiger charge is 2.37. The fourth-order valence-corrected chi connectivity index (χ4v) is 1.96. The quantitative estimate of drug-likeness (QED) is 0.529. The number of hydrogen-bond acceptors (Lipinski definition) is 5. The normalized spacial score (nSPS) is 19.0. The second-order valence-electron chi connectivity index (χ2n) is 4.58. The lowest BCUT2D eigenvalue weighted by Gasteiger charge is -2.40. The molecule has 1 aliphatic rings. The predicted molar refractivity (Wildman–Crippen MR) is 61.0 cm³/mol. The van der Waals surface area contributed by atoms with Crippen LogP contribution >= 0.6 is 0 Å². The summed E-state index contributed by atoms with van der Waals surface area (Å²) in [4.78, 5) is 22.5. The van der Waals surface area contributed by atoms with Crippen LogP contribution in [0.25, 0.3) is 0 Å². The summed E-state index contributed by atoms with van der Waals surface area (Å²) in [6.07, 6.45) is 2.10. The van der Waals surface area contributed by atoms with Gasteiger partial charge in [0, 0.05) is 6.42 Å². The molecular weight excluding hydrogens is 224 g/mol. The van der Waals surface area contributed by atoms with Crippen molar-refractivity contribution >= 4 is 11.9 Å². The Morgan fingerprint density at radius 3 is 2.59 bits per heavy atom. The molecule has 0 aromatic rings. The van der Waals surface area contributed by atoms with Gasteiger partial charge in [-0.15, -0.1) is 0 Å². The molecule has 0 heterocycles. The summed E-state index contributed by atoms with van der Waals surface area (Å²) in [6.45, 7) is 0.381. The maximum absolute atomic E-state index is 11.6. The van der Waals surface area contributed by atoms with Crippen LogP contribution in [0.15, 0.2) is 0 Å². The molecule has 6 nitrogen and oxygen atoms in total.